The molecule has 12 aromatic carbocycles. The average Bonchev–Trinajstić information content (AvgIpc) is 1.61. The lowest BCUT2D eigenvalue weighted by molar-refractivity contribution is 0.426. The molecule has 12 nitrogen and oxygen atoms in total. The number of rotatable bonds is 12. The van der Waals surface area contributed by atoms with Crippen LogP contribution < -0.4 is 5.46 Å². The summed E-state index contributed by atoms with van der Waals surface area (Å²) in [5, 5.41) is 18.5. The molecule has 0 saturated heterocycles. The van der Waals surface area contributed by atoms with Crippen LogP contribution in [0.1, 0.15) is 0 Å². The molecular formula is C80H56BBrN10O2. The van der Waals surface area contributed by atoms with Crippen LogP contribution in [0.3, 0.4) is 0 Å². The number of aromatic nitrogens is 10. The Morgan fingerprint density at radius 3 is 0.926 bits per heavy atom. The first-order valence-corrected chi connectivity index (χ1v) is 31.4. The molecule has 0 saturated carbocycles. The number of nitrogens with zero attached hydrogens (tertiary/aromatic N) is 10. The summed E-state index contributed by atoms with van der Waals surface area (Å²) in [5.41, 5.74) is 16.4. The van der Waals surface area contributed by atoms with Gasteiger partial charge in [0.15, 0.2) is 34.9 Å². The van der Waals surface area contributed by atoms with Gasteiger partial charge in [0, 0.05) is 60.4 Å². The number of hydrogen-bond acceptors (Lipinski definition) is 10. The lowest BCUT2D eigenvalue weighted by atomic mass is 9.80. The first-order chi connectivity index (χ1) is 46.3. The summed E-state index contributed by atoms with van der Waals surface area (Å²) in [7, 11) is -1.47. The van der Waals surface area contributed by atoms with Crippen molar-refractivity contribution < 1.29 is 10.0 Å². The number of imidazole rings is 2. The third kappa shape index (κ3) is 13.3. The van der Waals surface area contributed by atoms with Crippen molar-refractivity contribution in [2.45, 2.75) is 0 Å². The first kappa shape index (κ1) is 59.7. The molecule has 0 unspecified atom stereocenters. The van der Waals surface area contributed by atoms with Gasteiger partial charge in [-0.1, -0.05) is 277 Å². The van der Waals surface area contributed by atoms with E-state index in [4.69, 9.17) is 34.9 Å². The van der Waals surface area contributed by atoms with Gasteiger partial charge in [0.1, 0.15) is 11.6 Å². The van der Waals surface area contributed by atoms with Crippen molar-refractivity contribution in [3.63, 3.8) is 0 Å². The van der Waals surface area contributed by atoms with Crippen molar-refractivity contribution in [3.8, 4) is 114 Å². The van der Waals surface area contributed by atoms with Crippen LogP contribution in [0.2, 0.25) is 0 Å². The molecule has 16 rings (SSSR count). The van der Waals surface area contributed by atoms with Crippen molar-refractivity contribution in [3.05, 3.63) is 332 Å². The lowest BCUT2D eigenvalue weighted by Crippen LogP contribution is -2.29. The Kier molecular flexibility index (Phi) is 17.6. The van der Waals surface area contributed by atoms with Crippen LogP contribution in [-0.4, -0.2) is 66.2 Å². The number of halogens is 1. The predicted octanol–water partition coefficient (Wildman–Crippen LogP) is 17.6. The van der Waals surface area contributed by atoms with Crippen LogP contribution in [0, 0.1) is 0 Å². The SMILES string of the molecule is Brc1cccc(-c2nc(-c3ccccc3)nc(-c3ccccc3)n2)c1.OB(O)c1ccc(-c2nc3ccccc3n2-c2ccccc2)cc1.c1ccc(-c2nc(-c3ccccc3)nc(-c3cccc(-c4ccc(-c5nc6ccccc6n5-c5ccccc5)cc4)c3)n2)cc1. The maximum atomic E-state index is 9.27. The average molecular weight is 1280 g/mol. The van der Waals surface area contributed by atoms with Crippen LogP contribution in [0.15, 0.2) is 332 Å². The maximum Gasteiger partial charge on any atom is 0.488 e. The van der Waals surface area contributed by atoms with Crippen molar-refractivity contribution >= 4 is 50.6 Å². The van der Waals surface area contributed by atoms with Crippen molar-refractivity contribution in [2.75, 3.05) is 0 Å². The van der Waals surface area contributed by atoms with E-state index < -0.39 is 7.12 Å². The van der Waals surface area contributed by atoms with Crippen LogP contribution in [0.4, 0.5) is 0 Å². The summed E-state index contributed by atoms with van der Waals surface area (Å²) in [6.45, 7) is 0. The summed E-state index contributed by atoms with van der Waals surface area (Å²) in [4.78, 5) is 38.5. The molecule has 94 heavy (non-hydrogen) atoms. The zero-order valence-electron chi connectivity index (χ0n) is 50.5. The Morgan fingerprint density at radius 2 is 0.543 bits per heavy atom. The van der Waals surface area contributed by atoms with Crippen LogP contribution in [-0.2, 0) is 0 Å². The topological polar surface area (TPSA) is 153 Å². The Hall–Kier alpha value is -11.9. The lowest BCUT2D eigenvalue weighted by Gasteiger charge is -2.11. The number of para-hydroxylation sites is 6. The molecular weight excluding hydrogens is 1220 g/mol. The monoisotopic (exact) mass is 1280 g/mol. The van der Waals surface area contributed by atoms with Gasteiger partial charge in [-0.3, -0.25) is 9.13 Å². The second kappa shape index (κ2) is 27.7. The van der Waals surface area contributed by atoms with E-state index in [-0.39, 0.29) is 0 Å². The van der Waals surface area contributed by atoms with Gasteiger partial charge in [0.25, 0.3) is 0 Å². The summed E-state index contributed by atoms with van der Waals surface area (Å²) in [5.74, 6) is 5.67. The van der Waals surface area contributed by atoms with Crippen molar-refractivity contribution in [2.24, 2.45) is 0 Å². The molecule has 2 N–H and O–H groups in total. The standard InChI is InChI=1S/C40H27N5.C21H14BrN3.C19H15BN2O2/c1-4-13-29(14-5-1)37-42-38(30-15-6-2-7-16-30)44-39(43-37)33-18-12-17-32(27-33)28-23-25-31(26-24-28)40-41-35-21-10-11-22-36(35)45(40)34-19-8-3-9-20-34;22-18-13-7-12-17(14-18)21-24-19(15-8-3-1-4-9-15)23-20(25-21)16-10-5-2-6-11-16;23-20(24)15-12-10-14(11-13-15)19-21-17-8-4-5-9-18(17)22(19)16-6-2-1-3-7-16/h1-27H;1-14H;1-13,23-24H. The zero-order valence-corrected chi connectivity index (χ0v) is 52.1. The van der Waals surface area contributed by atoms with Crippen molar-refractivity contribution in [1.82, 2.24) is 49.0 Å². The normalized spacial score (nSPS) is 10.9. The van der Waals surface area contributed by atoms with E-state index in [0.717, 1.165) is 105 Å². The van der Waals surface area contributed by atoms with E-state index in [9.17, 15) is 10.0 Å². The quantitative estimate of drug-likeness (QED) is 0.113. The second-order valence-corrected chi connectivity index (χ2v) is 22.8. The predicted molar refractivity (Wildman–Crippen MR) is 382 cm³/mol. The van der Waals surface area contributed by atoms with Crippen LogP contribution in [0.5, 0.6) is 0 Å². The number of fused-ring (bicyclic) bond motifs is 2. The van der Waals surface area contributed by atoms with Gasteiger partial charge >= 0.3 is 7.12 Å². The molecule has 4 aromatic heterocycles. The van der Waals surface area contributed by atoms with E-state index in [0.29, 0.717) is 40.4 Å². The fourth-order valence-corrected chi connectivity index (χ4v) is 11.5. The number of benzene rings is 12. The molecule has 0 bridgehead atoms. The highest BCUT2D eigenvalue weighted by Crippen LogP contribution is 2.34. The van der Waals surface area contributed by atoms with Gasteiger partial charge in [-0.15, -0.1) is 0 Å². The highest BCUT2D eigenvalue weighted by atomic mass is 79.9. The molecule has 0 atom stereocenters. The Morgan fingerprint density at radius 1 is 0.245 bits per heavy atom. The highest BCUT2D eigenvalue weighted by Gasteiger charge is 2.19. The minimum Gasteiger partial charge on any atom is -0.423 e. The number of hydrogen-bond donors (Lipinski definition) is 2. The molecule has 0 aliphatic carbocycles. The fourth-order valence-electron chi connectivity index (χ4n) is 11.1. The third-order valence-electron chi connectivity index (χ3n) is 15.7. The molecule has 448 valence electrons. The Balaban J connectivity index is 0.000000132. The van der Waals surface area contributed by atoms with Gasteiger partial charge in [-0.25, -0.2) is 39.9 Å². The van der Waals surface area contributed by atoms with Crippen LogP contribution in [0.25, 0.3) is 136 Å². The van der Waals surface area contributed by atoms with Gasteiger partial charge in [-0.2, -0.15) is 0 Å². The largest absolute Gasteiger partial charge is 0.488 e. The Bertz CT molecular complexity index is 5110. The first-order valence-electron chi connectivity index (χ1n) is 30.6. The molecule has 0 fully saturated rings. The van der Waals surface area contributed by atoms with Gasteiger partial charge in [0.05, 0.1) is 22.1 Å². The fraction of sp³-hybridized carbons (Fsp3) is 0. The molecule has 0 aliphatic rings. The van der Waals surface area contributed by atoms with E-state index >= 15 is 0 Å². The van der Waals surface area contributed by atoms with Gasteiger partial charge in [-0.05, 0) is 83.3 Å². The van der Waals surface area contributed by atoms with Crippen LogP contribution >= 0.6 is 15.9 Å². The van der Waals surface area contributed by atoms with Gasteiger partial charge < -0.3 is 10.0 Å². The summed E-state index contributed by atoms with van der Waals surface area (Å²) in [6.07, 6.45) is 0. The molecule has 4 heterocycles. The van der Waals surface area contributed by atoms with E-state index in [1.54, 1.807) is 12.1 Å². The zero-order chi connectivity index (χ0) is 63.6. The van der Waals surface area contributed by atoms with E-state index in [1.807, 2.05) is 224 Å². The minimum atomic E-state index is -1.47. The summed E-state index contributed by atoms with van der Waals surface area (Å²) in [6, 6.07) is 109. The molecule has 0 radical (unpaired) electrons. The molecule has 14 heteroatoms. The summed E-state index contributed by atoms with van der Waals surface area (Å²) >= 11 is 3.52. The molecule has 0 aliphatic heterocycles. The van der Waals surface area contributed by atoms with E-state index in [2.05, 4.69) is 121 Å². The second-order valence-electron chi connectivity index (χ2n) is 21.9. The maximum absolute atomic E-state index is 9.27. The third-order valence-corrected chi connectivity index (χ3v) is 16.2. The molecule has 0 amide bonds. The summed E-state index contributed by atoms with van der Waals surface area (Å²) < 4.78 is 5.33. The highest BCUT2D eigenvalue weighted by molar-refractivity contribution is 9.10. The van der Waals surface area contributed by atoms with Crippen molar-refractivity contribution in [1.29, 1.82) is 0 Å². The molecule has 0 spiro atoms. The molecule has 16 aromatic rings. The van der Waals surface area contributed by atoms with Gasteiger partial charge in [0.2, 0.25) is 0 Å². The smallest absolute Gasteiger partial charge is 0.423 e. The Labute approximate surface area is 551 Å². The minimum absolute atomic E-state index is 0.459. The van der Waals surface area contributed by atoms with E-state index in [1.165, 1.54) is 0 Å².